The van der Waals surface area contributed by atoms with Crippen LogP contribution in [0, 0.1) is 5.82 Å². The van der Waals surface area contributed by atoms with Gasteiger partial charge in [0.05, 0.1) is 4.90 Å². The van der Waals surface area contributed by atoms with Crippen LogP contribution in [0.4, 0.5) is 26.2 Å². The minimum absolute atomic E-state index is 0.0576. The second-order valence-electron chi connectivity index (χ2n) is 7.74. The monoisotopic (exact) mass is 482 g/mol. The molecule has 0 unspecified atom stereocenters. The van der Waals surface area contributed by atoms with Crippen LogP contribution in [0.15, 0.2) is 83.8 Å². The molecule has 3 amide bonds. The molecule has 10 heteroatoms. The lowest BCUT2D eigenvalue weighted by atomic mass is 10.2. The third-order valence-corrected chi connectivity index (χ3v) is 7.29. The SMILES string of the molecule is O=C(Nc1ccccc1)Nc1ccc(NC(=O)[C@@H]2CCCN2S(=O)(=O)c2ccc(F)cc2)cc1. The number of carbonyl (C=O) groups excluding carboxylic acids is 2. The molecule has 0 radical (unpaired) electrons. The van der Waals surface area contributed by atoms with E-state index in [-0.39, 0.29) is 11.4 Å². The van der Waals surface area contributed by atoms with Crippen molar-refractivity contribution in [2.75, 3.05) is 22.5 Å². The smallest absolute Gasteiger partial charge is 0.323 e. The first-order valence-electron chi connectivity index (χ1n) is 10.6. The lowest BCUT2D eigenvalue weighted by molar-refractivity contribution is -0.119. The molecule has 1 fully saturated rings. The fraction of sp³-hybridized carbons (Fsp3) is 0.167. The van der Waals surface area contributed by atoms with Gasteiger partial charge in [-0.25, -0.2) is 17.6 Å². The summed E-state index contributed by atoms with van der Waals surface area (Å²) in [6.45, 7) is 0.206. The minimum atomic E-state index is -3.94. The van der Waals surface area contributed by atoms with E-state index in [4.69, 9.17) is 0 Å². The molecule has 1 atom stereocenters. The van der Waals surface area contributed by atoms with Crippen molar-refractivity contribution in [1.82, 2.24) is 4.31 Å². The van der Waals surface area contributed by atoms with E-state index in [9.17, 15) is 22.4 Å². The number of halogens is 1. The Morgan fingerprint density at radius 2 is 1.35 bits per heavy atom. The van der Waals surface area contributed by atoms with Gasteiger partial charge in [0.2, 0.25) is 15.9 Å². The van der Waals surface area contributed by atoms with Gasteiger partial charge in [-0.05, 0) is 73.5 Å². The first-order valence-corrected chi connectivity index (χ1v) is 12.1. The number of hydrogen-bond donors (Lipinski definition) is 3. The van der Waals surface area contributed by atoms with Crippen molar-refractivity contribution < 1.29 is 22.4 Å². The molecule has 3 aromatic rings. The van der Waals surface area contributed by atoms with Gasteiger partial charge in [-0.2, -0.15) is 4.31 Å². The standard InChI is InChI=1S/C24H23FN4O4S/c25-17-8-14-21(15-9-17)34(32,33)29-16-4-7-22(29)23(30)26-19-10-12-20(13-11-19)28-24(31)27-18-5-2-1-3-6-18/h1-3,5-6,8-15,22H,4,7,16H2,(H,26,30)(H2,27,28,31)/t22-/m0/s1. The quantitative estimate of drug-likeness (QED) is 0.488. The Kier molecular flexibility index (Phi) is 6.90. The molecule has 1 saturated heterocycles. The molecule has 34 heavy (non-hydrogen) atoms. The number of hydrogen-bond acceptors (Lipinski definition) is 4. The Labute approximate surface area is 196 Å². The zero-order valence-electron chi connectivity index (χ0n) is 18.1. The minimum Gasteiger partial charge on any atom is -0.325 e. The van der Waals surface area contributed by atoms with Crippen molar-refractivity contribution in [3.8, 4) is 0 Å². The third kappa shape index (κ3) is 5.41. The largest absolute Gasteiger partial charge is 0.325 e. The summed E-state index contributed by atoms with van der Waals surface area (Å²) in [5.74, 6) is -0.990. The Hall–Kier alpha value is -3.76. The van der Waals surface area contributed by atoms with Crippen molar-refractivity contribution in [2.45, 2.75) is 23.8 Å². The molecule has 4 rings (SSSR count). The van der Waals surface area contributed by atoms with Crippen molar-refractivity contribution in [3.63, 3.8) is 0 Å². The average Bonchev–Trinajstić information content (AvgIpc) is 3.32. The molecule has 0 spiro atoms. The highest BCUT2D eigenvalue weighted by atomic mass is 32.2. The van der Waals surface area contributed by atoms with Crippen molar-refractivity contribution in [3.05, 3.63) is 84.7 Å². The van der Waals surface area contributed by atoms with Gasteiger partial charge in [-0.1, -0.05) is 18.2 Å². The Balaban J connectivity index is 1.38. The lowest BCUT2D eigenvalue weighted by Gasteiger charge is -2.23. The summed E-state index contributed by atoms with van der Waals surface area (Å²) in [7, 11) is -3.94. The summed E-state index contributed by atoms with van der Waals surface area (Å²) in [5.41, 5.74) is 1.64. The molecule has 0 aromatic heterocycles. The number of rotatable bonds is 6. The molecule has 176 valence electrons. The van der Waals surface area contributed by atoms with E-state index in [1.165, 1.54) is 12.1 Å². The van der Waals surface area contributed by atoms with Crippen molar-refractivity contribution in [1.29, 1.82) is 0 Å². The highest BCUT2D eigenvalue weighted by Crippen LogP contribution is 2.27. The van der Waals surface area contributed by atoms with Gasteiger partial charge in [0, 0.05) is 23.6 Å². The van der Waals surface area contributed by atoms with Crippen LogP contribution in [0.3, 0.4) is 0 Å². The average molecular weight is 483 g/mol. The van der Waals surface area contributed by atoms with Gasteiger partial charge in [-0.15, -0.1) is 0 Å². The zero-order chi connectivity index (χ0) is 24.1. The summed E-state index contributed by atoms with van der Waals surface area (Å²) in [4.78, 5) is 24.9. The Morgan fingerprint density at radius 1 is 0.794 bits per heavy atom. The molecule has 0 bridgehead atoms. The van der Waals surface area contributed by atoms with Crippen LogP contribution in [-0.2, 0) is 14.8 Å². The van der Waals surface area contributed by atoms with Gasteiger partial charge in [0.25, 0.3) is 0 Å². The third-order valence-electron chi connectivity index (χ3n) is 5.37. The fourth-order valence-corrected chi connectivity index (χ4v) is 5.37. The first-order chi connectivity index (χ1) is 16.3. The van der Waals surface area contributed by atoms with Gasteiger partial charge in [0.1, 0.15) is 11.9 Å². The molecule has 0 aliphatic carbocycles. The van der Waals surface area contributed by atoms with Crippen LogP contribution in [0.5, 0.6) is 0 Å². The maximum atomic E-state index is 13.2. The fourth-order valence-electron chi connectivity index (χ4n) is 3.71. The molecule has 3 aromatic carbocycles. The highest BCUT2D eigenvalue weighted by Gasteiger charge is 2.39. The zero-order valence-corrected chi connectivity index (χ0v) is 18.9. The maximum absolute atomic E-state index is 13.2. The molecule has 3 N–H and O–H groups in total. The number of anilines is 3. The Morgan fingerprint density at radius 3 is 1.97 bits per heavy atom. The number of nitrogens with zero attached hydrogens (tertiary/aromatic N) is 1. The van der Waals surface area contributed by atoms with Crippen LogP contribution in [0.1, 0.15) is 12.8 Å². The van der Waals surface area contributed by atoms with Crippen LogP contribution < -0.4 is 16.0 Å². The van der Waals surface area contributed by atoms with Gasteiger partial charge in [0.15, 0.2) is 0 Å². The molecule has 1 aliphatic rings. The molecule has 8 nitrogen and oxygen atoms in total. The predicted molar refractivity (Wildman–Crippen MR) is 127 cm³/mol. The van der Waals surface area contributed by atoms with Gasteiger partial charge >= 0.3 is 6.03 Å². The lowest BCUT2D eigenvalue weighted by Crippen LogP contribution is -2.43. The summed E-state index contributed by atoms with van der Waals surface area (Å²) in [5, 5.41) is 8.14. The summed E-state index contributed by atoms with van der Waals surface area (Å²) in [6.07, 6.45) is 0.920. The van der Waals surface area contributed by atoms with Crippen molar-refractivity contribution in [2.24, 2.45) is 0 Å². The molecule has 1 aliphatic heterocycles. The van der Waals surface area contributed by atoms with E-state index >= 15 is 0 Å². The van der Waals surface area contributed by atoms with E-state index in [1.807, 2.05) is 18.2 Å². The number of sulfonamides is 1. The molecule has 1 heterocycles. The highest BCUT2D eigenvalue weighted by molar-refractivity contribution is 7.89. The van der Waals surface area contributed by atoms with Crippen LogP contribution in [0.2, 0.25) is 0 Å². The van der Waals surface area contributed by atoms with Crippen LogP contribution >= 0.6 is 0 Å². The van der Waals surface area contributed by atoms with Crippen LogP contribution in [0.25, 0.3) is 0 Å². The topological polar surface area (TPSA) is 108 Å². The molecular weight excluding hydrogens is 459 g/mol. The number of benzene rings is 3. The van der Waals surface area contributed by atoms with E-state index in [0.29, 0.717) is 29.9 Å². The van der Waals surface area contributed by atoms with E-state index in [0.717, 1.165) is 16.4 Å². The summed E-state index contributed by atoms with van der Waals surface area (Å²) >= 11 is 0. The van der Waals surface area contributed by atoms with Crippen molar-refractivity contribution >= 4 is 39.0 Å². The van der Waals surface area contributed by atoms with Gasteiger partial charge in [-0.3, -0.25) is 4.79 Å². The number of carbonyl (C=O) groups is 2. The normalized spacial score (nSPS) is 16.1. The summed E-state index contributed by atoms with van der Waals surface area (Å²) in [6, 6.07) is 18.7. The van der Waals surface area contributed by atoms with E-state index < -0.39 is 33.8 Å². The maximum Gasteiger partial charge on any atom is 0.323 e. The predicted octanol–water partition coefficient (Wildman–Crippen LogP) is 4.26. The van der Waals surface area contributed by atoms with Gasteiger partial charge < -0.3 is 16.0 Å². The molecule has 0 saturated carbocycles. The Bertz CT molecular complexity index is 1270. The number of para-hydroxylation sites is 1. The number of amides is 3. The van der Waals surface area contributed by atoms with Crippen LogP contribution in [-0.4, -0.2) is 37.2 Å². The number of urea groups is 1. The van der Waals surface area contributed by atoms with E-state index in [1.54, 1.807) is 36.4 Å². The molecular formula is C24H23FN4O4S. The van der Waals surface area contributed by atoms with E-state index in [2.05, 4.69) is 16.0 Å². The summed E-state index contributed by atoms with van der Waals surface area (Å²) < 4.78 is 40.3. The first kappa shape index (κ1) is 23.4. The second kappa shape index (κ2) is 10.0. The second-order valence-corrected chi connectivity index (χ2v) is 9.63. The number of nitrogens with one attached hydrogen (secondary N) is 3.